The van der Waals surface area contributed by atoms with Crippen molar-refractivity contribution in [2.45, 2.75) is 44.4 Å². The molecule has 0 aromatic heterocycles. The van der Waals surface area contributed by atoms with Crippen LogP contribution in [-0.2, 0) is 11.0 Å². The van der Waals surface area contributed by atoms with Gasteiger partial charge in [-0.1, -0.05) is 17.7 Å². The predicted octanol–water partition coefficient (Wildman–Crippen LogP) is 3.28. The third-order valence-electron chi connectivity index (χ3n) is 6.14. The number of nitrogens with zero attached hydrogens (tertiary/aromatic N) is 1. The smallest absolute Gasteiger partial charge is 0.402 e. The van der Waals surface area contributed by atoms with Crippen molar-refractivity contribution in [3.05, 3.63) is 51.7 Å². The van der Waals surface area contributed by atoms with Gasteiger partial charge in [-0.05, 0) is 55.4 Å². The predicted molar refractivity (Wildman–Crippen MR) is 120 cm³/mol. The van der Waals surface area contributed by atoms with E-state index in [1.54, 1.807) is 0 Å². The van der Waals surface area contributed by atoms with Crippen molar-refractivity contribution in [3.8, 4) is 0 Å². The summed E-state index contributed by atoms with van der Waals surface area (Å²) in [7, 11) is 0. The molecule has 2 aliphatic rings. The molecule has 10 heteroatoms. The van der Waals surface area contributed by atoms with Crippen LogP contribution in [0.1, 0.15) is 43.2 Å². The molecule has 1 aliphatic heterocycles. The second-order valence-electron chi connectivity index (χ2n) is 8.49. The van der Waals surface area contributed by atoms with E-state index in [4.69, 9.17) is 22.4 Å². The molecule has 6 nitrogen and oxygen atoms in total. The molecule has 1 aliphatic carbocycles. The van der Waals surface area contributed by atoms with Crippen molar-refractivity contribution < 1.29 is 28.2 Å². The minimum absolute atomic E-state index is 0.00130. The maximum atomic E-state index is 13.1. The number of carbonyl (C=O) groups is 1. The number of carbonyl (C=O) groups excluding carboxylic acids is 1. The highest BCUT2D eigenvalue weighted by Gasteiger charge is 2.34. The number of hydrogen-bond donors (Lipinski definition) is 4. The van der Waals surface area contributed by atoms with Crippen molar-refractivity contribution >= 4 is 23.2 Å². The molecular weight excluding hydrogens is 459 g/mol. The fraction of sp³-hybridized carbons (Fsp3) is 0.522. The lowest BCUT2D eigenvalue weighted by Gasteiger charge is -2.38. The monoisotopic (exact) mass is 487 g/mol. The number of hydrogen-bond acceptors (Lipinski definition) is 5. The van der Waals surface area contributed by atoms with Crippen LogP contribution in [-0.4, -0.2) is 53.4 Å². The average molecular weight is 488 g/mol. The molecule has 33 heavy (non-hydrogen) atoms. The van der Waals surface area contributed by atoms with Gasteiger partial charge < -0.3 is 26.2 Å². The zero-order valence-corrected chi connectivity index (χ0v) is 18.9. The Morgan fingerprint density at radius 2 is 1.97 bits per heavy atom. The second-order valence-corrected chi connectivity index (χ2v) is 8.89. The molecule has 1 aromatic rings. The molecule has 0 bridgehead atoms. The van der Waals surface area contributed by atoms with Crippen LogP contribution in [0.5, 0.6) is 0 Å². The van der Waals surface area contributed by atoms with E-state index in [2.05, 4.69) is 10.2 Å². The minimum Gasteiger partial charge on any atom is -0.402 e. The summed E-state index contributed by atoms with van der Waals surface area (Å²) < 4.78 is 39.3. The number of nitrogens with one attached hydrogen (secondary N) is 1. The number of alkyl halides is 3. The van der Waals surface area contributed by atoms with Gasteiger partial charge >= 0.3 is 6.18 Å². The largest absolute Gasteiger partial charge is 0.417 e. The number of allylic oxidation sites excluding steroid dienone is 2. The molecule has 5 N–H and O–H groups in total. The normalized spacial score (nSPS) is 18.7. The number of aliphatic hydroxyl groups is 2. The van der Waals surface area contributed by atoms with E-state index in [9.17, 15) is 23.1 Å². The molecule has 0 spiro atoms. The molecule has 0 radical (unpaired) electrons. The maximum absolute atomic E-state index is 13.1. The van der Waals surface area contributed by atoms with Gasteiger partial charge in [-0.3, -0.25) is 4.79 Å². The summed E-state index contributed by atoms with van der Waals surface area (Å²) in [6.45, 7) is 0.799. The topological polar surface area (TPSA) is 98.8 Å². The zero-order valence-electron chi connectivity index (χ0n) is 18.2. The van der Waals surface area contributed by atoms with Gasteiger partial charge in [-0.2, -0.15) is 13.2 Å². The van der Waals surface area contributed by atoms with Crippen LogP contribution < -0.4 is 11.1 Å². The third-order valence-corrected chi connectivity index (χ3v) is 6.46. The first-order valence-electron chi connectivity index (χ1n) is 11.0. The third kappa shape index (κ3) is 6.43. The van der Waals surface area contributed by atoms with Crippen LogP contribution >= 0.6 is 11.6 Å². The van der Waals surface area contributed by atoms with E-state index in [-0.39, 0.29) is 17.5 Å². The number of amides is 1. The fourth-order valence-corrected chi connectivity index (χ4v) is 4.42. The van der Waals surface area contributed by atoms with E-state index < -0.39 is 30.4 Å². The number of piperidine rings is 1. The number of benzene rings is 1. The highest BCUT2D eigenvalue weighted by atomic mass is 35.5. The first-order valence-corrected chi connectivity index (χ1v) is 11.4. The SMILES string of the molecule is N/C(=C\C(=O)NCC(O)CO)C1CCN(C(=C2CCC2)c2ccc(C(F)(F)F)c(Cl)c2)CC1. The molecule has 1 amide bonds. The van der Waals surface area contributed by atoms with Crippen molar-refractivity contribution in [2.75, 3.05) is 26.2 Å². The summed E-state index contributed by atoms with van der Waals surface area (Å²) in [6.07, 6.45) is 0.0593. The Bertz CT molecular complexity index is 919. The van der Waals surface area contributed by atoms with Crippen molar-refractivity contribution in [2.24, 2.45) is 11.7 Å². The Balaban J connectivity index is 1.68. The fourth-order valence-electron chi connectivity index (χ4n) is 4.13. The lowest BCUT2D eigenvalue weighted by molar-refractivity contribution is -0.137. The van der Waals surface area contributed by atoms with E-state index in [1.807, 2.05) is 0 Å². The van der Waals surface area contributed by atoms with Gasteiger partial charge in [-0.15, -0.1) is 0 Å². The van der Waals surface area contributed by atoms with Crippen LogP contribution in [0.3, 0.4) is 0 Å². The van der Waals surface area contributed by atoms with Crippen LogP contribution in [0.4, 0.5) is 13.2 Å². The van der Waals surface area contributed by atoms with Gasteiger partial charge in [0.05, 0.1) is 23.3 Å². The second kappa shape index (κ2) is 10.8. The van der Waals surface area contributed by atoms with Crippen molar-refractivity contribution in [1.82, 2.24) is 10.2 Å². The molecule has 1 heterocycles. The van der Waals surface area contributed by atoms with Crippen molar-refractivity contribution in [3.63, 3.8) is 0 Å². The van der Waals surface area contributed by atoms with Crippen LogP contribution in [0, 0.1) is 5.92 Å². The molecule has 2 fully saturated rings. The van der Waals surface area contributed by atoms with E-state index in [0.717, 1.165) is 31.0 Å². The number of aliphatic hydroxyl groups excluding tert-OH is 2. The Morgan fingerprint density at radius 1 is 1.30 bits per heavy atom. The molecule has 1 unspecified atom stereocenters. The van der Waals surface area contributed by atoms with E-state index >= 15 is 0 Å². The number of likely N-dealkylation sites (tertiary alicyclic amines) is 1. The van der Waals surface area contributed by atoms with Gasteiger partial charge in [0.1, 0.15) is 0 Å². The maximum Gasteiger partial charge on any atom is 0.417 e. The first-order chi connectivity index (χ1) is 15.6. The zero-order chi connectivity index (χ0) is 24.2. The van der Waals surface area contributed by atoms with Gasteiger partial charge in [0, 0.05) is 43.0 Å². The Kier molecular flexibility index (Phi) is 8.31. The first kappa shape index (κ1) is 25.4. The van der Waals surface area contributed by atoms with Crippen LogP contribution in [0.15, 0.2) is 35.5 Å². The summed E-state index contributed by atoms with van der Waals surface area (Å²) in [4.78, 5) is 14.1. The number of halogens is 4. The Morgan fingerprint density at radius 3 is 2.48 bits per heavy atom. The number of nitrogens with two attached hydrogens (primary N) is 1. The van der Waals surface area contributed by atoms with Crippen LogP contribution in [0.2, 0.25) is 5.02 Å². The summed E-state index contributed by atoms with van der Waals surface area (Å²) in [5.41, 5.74) is 8.59. The summed E-state index contributed by atoms with van der Waals surface area (Å²) in [5.74, 6) is -0.433. The van der Waals surface area contributed by atoms with E-state index in [1.165, 1.54) is 23.8 Å². The molecular formula is C23H29ClF3N3O3. The highest BCUT2D eigenvalue weighted by molar-refractivity contribution is 6.31. The summed E-state index contributed by atoms with van der Waals surface area (Å²) >= 11 is 5.98. The van der Waals surface area contributed by atoms with Crippen molar-refractivity contribution in [1.29, 1.82) is 0 Å². The minimum atomic E-state index is -4.50. The Labute approximate surface area is 195 Å². The standard InChI is InChI=1S/C23H29ClF3N3O3/c24-19-10-16(4-5-18(19)23(25,26)27)22(15-2-1-3-15)30-8-6-14(7-9-30)20(28)11-21(33)29-12-17(32)13-31/h4-5,10-11,14,17,31-32H,1-3,6-9,12-13,28H2,(H,29,33)/b20-11-. The Hall–Kier alpha value is -2.23. The lowest BCUT2D eigenvalue weighted by Crippen LogP contribution is -2.36. The quantitative estimate of drug-likeness (QED) is 0.442. The molecule has 1 aromatic carbocycles. The molecule has 1 saturated carbocycles. The van der Waals surface area contributed by atoms with Crippen LogP contribution in [0.25, 0.3) is 5.70 Å². The summed E-state index contributed by atoms with van der Waals surface area (Å²) in [5, 5.41) is 20.3. The summed E-state index contributed by atoms with van der Waals surface area (Å²) in [6, 6.07) is 3.92. The van der Waals surface area contributed by atoms with Gasteiger partial charge in [0.2, 0.25) is 5.91 Å². The molecule has 1 atom stereocenters. The molecule has 3 rings (SSSR count). The lowest BCUT2D eigenvalue weighted by atomic mass is 9.86. The molecule has 1 saturated heterocycles. The highest BCUT2D eigenvalue weighted by Crippen LogP contribution is 2.41. The van der Waals surface area contributed by atoms with Gasteiger partial charge in [0.15, 0.2) is 0 Å². The molecule has 182 valence electrons. The van der Waals surface area contributed by atoms with Gasteiger partial charge in [-0.25, -0.2) is 0 Å². The average Bonchev–Trinajstić information content (AvgIpc) is 2.73. The van der Waals surface area contributed by atoms with Gasteiger partial charge in [0.25, 0.3) is 0 Å². The van der Waals surface area contributed by atoms with E-state index in [0.29, 0.717) is 37.2 Å². The number of rotatable bonds is 7.